The van der Waals surface area contributed by atoms with Gasteiger partial charge in [-0.3, -0.25) is 19.7 Å². The van der Waals surface area contributed by atoms with E-state index < -0.39 is 16.7 Å². The molecule has 12 heteroatoms. The first-order valence-electron chi connectivity index (χ1n) is 9.98. The fraction of sp³-hybridized carbons (Fsp3) is 0.174. The summed E-state index contributed by atoms with van der Waals surface area (Å²) in [6.45, 7) is 3.16. The Bertz CT molecular complexity index is 1310. The van der Waals surface area contributed by atoms with Crippen molar-refractivity contribution in [3.63, 3.8) is 0 Å². The monoisotopic (exact) mass is 550 g/mol. The fourth-order valence-electron chi connectivity index (χ4n) is 3.58. The number of ketones is 1. The Morgan fingerprint density at radius 1 is 1.20 bits per heavy atom. The summed E-state index contributed by atoms with van der Waals surface area (Å²) in [6.07, 6.45) is 0. The normalized spacial score (nSPS) is 15.4. The third-order valence-corrected chi connectivity index (χ3v) is 6.95. The van der Waals surface area contributed by atoms with Crippen molar-refractivity contribution in [2.45, 2.75) is 19.8 Å². The molecule has 0 unspecified atom stereocenters. The summed E-state index contributed by atoms with van der Waals surface area (Å²) in [7, 11) is 0. The molecule has 1 heterocycles. The molecule has 0 saturated carbocycles. The van der Waals surface area contributed by atoms with Crippen molar-refractivity contribution >= 4 is 69.6 Å². The van der Waals surface area contributed by atoms with Crippen molar-refractivity contribution in [2.24, 2.45) is 0 Å². The molecule has 1 aliphatic rings. The van der Waals surface area contributed by atoms with Crippen LogP contribution in [0.4, 0.5) is 11.4 Å². The lowest BCUT2D eigenvalue weighted by Gasteiger charge is -2.29. The minimum Gasteiger partial charge on any atom is -0.353 e. The molecular weight excluding hydrogens is 535 g/mol. The number of dihydropyridines is 1. The maximum absolute atomic E-state index is 12.6. The van der Waals surface area contributed by atoms with Gasteiger partial charge in [0.15, 0.2) is 5.78 Å². The van der Waals surface area contributed by atoms with Crippen molar-refractivity contribution in [3.05, 3.63) is 89.0 Å². The van der Waals surface area contributed by atoms with E-state index in [0.29, 0.717) is 26.9 Å². The van der Waals surface area contributed by atoms with Crippen LogP contribution in [0.3, 0.4) is 0 Å². The lowest BCUT2D eigenvalue weighted by molar-refractivity contribution is -0.384. The lowest BCUT2D eigenvalue weighted by Crippen LogP contribution is -2.27. The number of nitro benzene ring substituents is 1. The van der Waals surface area contributed by atoms with E-state index in [1.54, 1.807) is 31.2 Å². The highest BCUT2D eigenvalue weighted by Gasteiger charge is 2.33. The molecule has 3 rings (SSSR count). The zero-order chi connectivity index (χ0) is 25.9. The minimum absolute atomic E-state index is 0.0459. The Hall–Kier alpha value is -3.03. The first kappa shape index (κ1) is 26.6. The van der Waals surface area contributed by atoms with Gasteiger partial charge in [-0.25, -0.2) is 0 Å². The molecule has 35 heavy (non-hydrogen) atoms. The van der Waals surface area contributed by atoms with Crippen LogP contribution in [0.2, 0.25) is 15.1 Å². The number of rotatable bonds is 7. The first-order valence-corrected chi connectivity index (χ1v) is 12.1. The molecule has 0 saturated heterocycles. The van der Waals surface area contributed by atoms with E-state index in [9.17, 15) is 25.0 Å². The smallest absolute Gasteiger partial charge is 0.272 e. The number of hydrogen-bond acceptors (Lipinski definition) is 7. The number of hydrogen-bond donors (Lipinski definition) is 2. The average Bonchev–Trinajstić information content (AvgIpc) is 2.79. The number of non-ortho nitro benzene ring substituents is 1. The number of benzene rings is 2. The van der Waals surface area contributed by atoms with E-state index in [-0.39, 0.29) is 38.5 Å². The van der Waals surface area contributed by atoms with Gasteiger partial charge in [-0.2, -0.15) is 5.26 Å². The highest BCUT2D eigenvalue weighted by Crippen LogP contribution is 2.41. The number of nitrogens with zero attached hydrogens (tertiary/aromatic N) is 2. The highest BCUT2D eigenvalue weighted by molar-refractivity contribution is 8.03. The molecule has 0 fully saturated rings. The number of anilines is 1. The van der Waals surface area contributed by atoms with Crippen molar-refractivity contribution in [3.8, 4) is 6.07 Å². The number of nitriles is 1. The molecule has 0 radical (unpaired) electrons. The van der Waals surface area contributed by atoms with Crippen LogP contribution >= 0.6 is 46.6 Å². The van der Waals surface area contributed by atoms with E-state index in [1.807, 2.05) is 0 Å². The van der Waals surface area contributed by atoms with E-state index >= 15 is 0 Å². The predicted octanol–water partition coefficient (Wildman–Crippen LogP) is 6.21. The minimum atomic E-state index is -0.647. The second-order valence-electron chi connectivity index (χ2n) is 7.44. The van der Waals surface area contributed by atoms with Crippen LogP contribution in [0, 0.1) is 21.4 Å². The van der Waals surface area contributed by atoms with Gasteiger partial charge in [0.05, 0.1) is 49.0 Å². The van der Waals surface area contributed by atoms with Crippen LogP contribution in [0.25, 0.3) is 0 Å². The van der Waals surface area contributed by atoms with Gasteiger partial charge in [0.2, 0.25) is 5.91 Å². The van der Waals surface area contributed by atoms with Crippen molar-refractivity contribution in [2.75, 3.05) is 11.1 Å². The van der Waals surface area contributed by atoms with Crippen molar-refractivity contribution in [1.82, 2.24) is 5.32 Å². The molecule has 1 amide bonds. The third kappa shape index (κ3) is 5.97. The second-order valence-corrected chi connectivity index (χ2v) is 9.67. The molecule has 0 spiro atoms. The van der Waals surface area contributed by atoms with Gasteiger partial charge in [0.1, 0.15) is 0 Å². The molecule has 0 aromatic heterocycles. The van der Waals surface area contributed by atoms with Crippen LogP contribution in [0.5, 0.6) is 0 Å². The Morgan fingerprint density at radius 2 is 1.80 bits per heavy atom. The Kier molecular flexibility index (Phi) is 8.46. The molecule has 8 nitrogen and oxygen atoms in total. The van der Waals surface area contributed by atoms with Gasteiger partial charge < -0.3 is 10.6 Å². The zero-order valence-electron chi connectivity index (χ0n) is 18.3. The largest absolute Gasteiger partial charge is 0.353 e. The standard InChI is InChI=1S/C23H17Cl3N4O4S/c1-11-20(12(2)31)21(13-3-5-14(24)6-4-13)16(9-27)23(28-11)35-10-19(32)29-22-17(25)7-15(30(33)34)8-18(22)26/h3-8,21,28H,10H2,1-2H3,(H,29,32)/t21-/m1/s1. The van der Waals surface area contributed by atoms with Gasteiger partial charge in [-0.1, -0.05) is 58.7 Å². The van der Waals surface area contributed by atoms with E-state index in [0.717, 1.165) is 23.9 Å². The van der Waals surface area contributed by atoms with Crippen LogP contribution < -0.4 is 10.6 Å². The molecular formula is C23H17Cl3N4O4S. The fourth-order valence-corrected chi connectivity index (χ4v) is 5.17. The van der Waals surface area contributed by atoms with Gasteiger partial charge in [-0.05, 0) is 31.5 Å². The molecule has 1 atom stereocenters. The topological polar surface area (TPSA) is 125 Å². The molecule has 2 aromatic carbocycles. The van der Waals surface area contributed by atoms with Gasteiger partial charge in [0.25, 0.3) is 5.69 Å². The molecule has 2 aromatic rings. The molecule has 2 N–H and O–H groups in total. The number of halogens is 3. The number of amides is 1. The summed E-state index contributed by atoms with van der Waals surface area (Å²) in [5, 5.41) is 27.3. The number of Topliss-reactive ketones (excluding diaryl/α,β-unsaturated/α-hetero) is 1. The number of thioether (sulfide) groups is 1. The maximum Gasteiger partial charge on any atom is 0.272 e. The van der Waals surface area contributed by atoms with E-state index in [2.05, 4.69) is 16.7 Å². The van der Waals surface area contributed by atoms with Crippen LogP contribution in [-0.4, -0.2) is 22.4 Å². The number of carbonyl (C=O) groups excluding carboxylic acids is 2. The lowest BCUT2D eigenvalue weighted by atomic mass is 9.81. The number of nitro groups is 1. The summed E-state index contributed by atoms with van der Waals surface area (Å²) in [6, 6.07) is 11.2. The Morgan fingerprint density at radius 3 is 2.31 bits per heavy atom. The summed E-state index contributed by atoms with van der Waals surface area (Å²) in [5.41, 5.74) is 1.75. The maximum atomic E-state index is 12.6. The van der Waals surface area contributed by atoms with E-state index in [4.69, 9.17) is 34.8 Å². The third-order valence-electron chi connectivity index (χ3n) is 5.08. The number of allylic oxidation sites excluding steroid dienone is 3. The van der Waals surface area contributed by atoms with Gasteiger partial charge in [-0.15, -0.1) is 0 Å². The quantitative estimate of drug-likeness (QED) is 0.309. The summed E-state index contributed by atoms with van der Waals surface area (Å²) in [4.78, 5) is 35.3. The predicted molar refractivity (Wildman–Crippen MR) is 138 cm³/mol. The van der Waals surface area contributed by atoms with Crippen LogP contribution in [0.15, 0.2) is 58.3 Å². The van der Waals surface area contributed by atoms with Crippen molar-refractivity contribution < 1.29 is 14.5 Å². The Labute approximate surface area is 220 Å². The average molecular weight is 552 g/mol. The molecule has 1 aliphatic heterocycles. The van der Waals surface area contributed by atoms with Crippen LogP contribution in [-0.2, 0) is 9.59 Å². The Balaban J connectivity index is 1.86. The zero-order valence-corrected chi connectivity index (χ0v) is 21.4. The van der Waals surface area contributed by atoms with Crippen molar-refractivity contribution in [1.29, 1.82) is 5.26 Å². The summed E-state index contributed by atoms with van der Waals surface area (Å²) < 4.78 is 0. The van der Waals surface area contributed by atoms with Gasteiger partial charge in [0, 0.05) is 28.4 Å². The van der Waals surface area contributed by atoms with Gasteiger partial charge >= 0.3 is 0 Å². The SMILES string of the molecule is CC(=O)C1=C(C)NC(SCC(=O)Nc2c(Cl)cc([N+](=O)[O-])cc2Cl)=C(C#N)[C@H]1c1ccc(Cl)cc1. The highest BCUT2D eigenvalue weighted by atomic mass is 35.5. The van der Waals surface area contributed by atoms with E-state index in [1.165, 1.54) is 6.92 Å². The summed E-state index contributed by atoms with van der Waals surface area (Å²) >= 11 is 19.2. The number of nitrogens with one attached hydrogen (secondary N) is 2. The number of carbonyl (C=O) groups is 2. The molecule has 0 bridgehead atoms. The first-order chi connectivity index (χ1) is 16.5. The van der Waals surface area contributed by atoms with Crippen LogP contribution in [0.1, 0.15) is 25.3 Å². The second kappa shape index (κ2) is 11.1. The molecule has 180 valence electrons. The molecule has 0 aliphatic carbocycles. The summed E-state index contributed by atoms with van der Waals surface area (Å²) in [5.74, 6) is -1.44.